The van der Waals surface area contributed by atoms with E-state index in [1.165, 1.54) is 36.8 Å². The van der Waals surface area contributed by atoms with Crippen LogP contribution in [-0.2, 0) is 0 Å². The maximum Gasteiger partial charge on any atom is 0.253 e. The number of amides is 1. The number of phenols is 1. The molecule has 3 aliphatic heterocycles. The molecule has 7 rings (SSSR count). The van der Waals surface area contributed by atoms with Gasteiger partial charge in [0.05, 0.1) is 0 Å². The Morgan fingerprint density at radius 2 is 1.68 bits per heavy atom. The Kier molecular flexibility index (Phi) is 6.52. The van der Waals surface area contributed by atoms with E-state index < -0.39 is 0 Å². The van der Waals surface area contributed by atoms with Gasteiger partial charge in [-0.1, -0.05) is 30.3 Å². The summed E-state index contributed by atoms with van der Waals surface area (Å²) in [5.41, 5.74) is 3.22. The number of benzene rings is 2. The standard InChI is InChI=1S/C30H38N2O2/c1-4-18-32-26-16-14-24-27(32)17-15-25(26)29(24)28(22-8-7-9-23(33)19-22)20-10-12-21(13-11-20)30(34)31(5-2)6-3/h4,7-13,19,24-29,33H,1,5-6,14-18H2,2-3H3. The normalized spacial score (nSPS) is 28.6. The molecule has 2 aliphatic carbocycles. The van der Waals surface area contributed by atoms with E-state index in [0.29, 0.717) is 35.6 Å². The lowest BCUT2D eigenvalue weighted by molar-refractivity contribution is -0.134. The zero-order valence-electron chi connectivity index (χ0n) is 20.6. The number of hydrogen-bond acceptors (Lipinski definition) is 3. The molecule has 0 spiro atoms. The molecule has 3 saturated heterocycles. The molecule has 0 aromatic heterocycles. The second kappa shape index (κ2) is 9.58. The minimum atomic E-state index is 0.0984. The molecule has 2 aromatic carbocycles. The van der Waals surface area contributed by atoms with Crippen molar-refractivity contribution in [2.45, 2.75) is 57.5 Å². The van der Waals surface area contributed by atoms with Crippen LogP contribution >= 0.6 is 0 Å². The van der Waals surface area contributed by atoms with Crippen LogP contribution in [0.4, 0.5) is 0 Å². The number of piperidine rings is 3. The summed E-state index contributed by atoms with van der Waals surface area (Å²) in [6, 6.07) is 17.5. The van der Waals surface area contributed by atoms with Crippen LogP contribution in [0.15, 0.2) is 61.2 Å². The highest BCUT2D eigenvalue weighted by Gasteiger charge is 2.57. The van der Waals surface area contributed by atoms with Crippen LogP contribution in [0.25, 0.3) is 0 Å². The molecule has 2 aromatic rings. The molecule has 4 bridgehead atoms. The molecule has 0 radical (unpaired) electrons. The molecule has 180 valence electrons. The van der Waals surface area contributed by atoms with Gasteiger partial charge in [0.15, 0.2) is 0 Å². The fourth-order valence-corrected chi connectivity index (χ4v) is 7.62. The van der Waals surface area contributed by atoms with Gasteiger partial charge < -0.3 is 10.0 Å². The predicted octanol–water partition coefficient (Wildman–Crippen LogP) is 5.68. The third-order valence-electron chi connectivity index (χ3n) is 8.94. The summed E-state index contributed by atoms with van der Waals surface area (Å²) < 4.78 is 0. The van der Waals surface area contributed by atoms with Crippen molar-refractivity contribution in [1.29, 1.82) is 0 Å². The average Bonchev–Trinajstić information content (AvgIpc) is 2.85. The van der Waals surface area contributed by atoms with E-state index in [4.69, 9.17) is 0 Å². The van der Waals surface area contributed by atoms with Gasteiger partial charge in [0.2, 0.25) is 0 Å². The fraction of sp³-hybridized carbons (Fsp3) is 0.500. The lowest BCUT2D eigenvalue weighted by atomic mass is 9.51. The van der Waals surface area contributed by atoms with E-state index in [9.17, 15) is 9.90 Å². The Morgan fingerprint density at radius 3 is 2.24 bits per heavy atom. The molecular formula is C30H38N2O2. The quantitative estimate of drug-likeness (QED) is 0.518. The smallest absolute Gasteiger partial charge is 0.253 e. The fourth-order valence-electron chi connectivity index (χ4n) is 7.62. The maximum atomic E-state index is 12.9. The predicted molar refractivity (Wildman–Crippen MR) is 137 cm³/mol. The third kappa shape index (κ3) is 3.86. The molecule has 4 heteroatoms. The minimum absolute atomic E-state index is 0.0984. The Labute approximate surface area is 204 Å². The van der Waals surface area contributed by atoms with E-state index in [1.807, 2.05) is 43.0 Å². The number of aromatic hydroxyl groups is 1. The lowest BCUT2D eigenvalue weighted by Crippen LogP contribution is -2.67. The summed E-state index contributed by atoms with van der Waals surface area (Å²) in [5.74, 6) is 2.54. The van der Waals surface area contributed by atoms with Crippen LogP contribution in [0, 0.1) is 17.8 Å². The summed E-state index contributed by atoms with van der Waals surface area (Å²) in [7, 11) is 0. The van der Waals surface area contributed by atoms with Crippen LogP contribution in [0.1, 0.15) is 66.9 Å². The van der Waals surface area contributed by atoms with Gasteiger partial charge in [-0.05, 0) is 92.7 Å². The molecule has 34 heavy (non-hydrogen) atoms. The highest BCUT2D eigenvalue weighted by Crippen LogP contribution is 2.59. The van der Waals surface area contributed by atoms with Crippen LogP contribution in [0.5, 0.6) is 5.75 Å². The largest absolute Gasteiger partial charge is 0.508 e. The molecule has 5 unspecified atom stereocenters. The van der Waals surface area contributed by atoms with Crippen LogP contribution < -0.4 is 0 Å². The average molecular weight is 459 g/mol. The van der Waals surface area contributed by atoms with Crippen molar-refractivity contribution < 1.29 is 9.90 Å². The number of fused-ring (bicyclic) bond motifs is 2. The monoisotopic (exact) mass is 458 g/mol. The van der Waals surface area contributed by atoms with Gasteiger partial charge in [-0.15, -0.1) is 6.58 Å². The first-order valence-corrected chi connectivity index (χ1v) is 13.1. The van der Waals surface area contributed by atoms with Gasteiger partial charge >= 0.3 is 0 Å². The zero-order valence-corrected chi connectivity index (χ0v) is 20.6. The molecule has 5 atom stereocenters. The van der Waals surface area contributed by atoms with Gasteiger partial charge in [-0.3, -0.25) is 9.69 Å². The number of carbonyl (C=O) groups excluding carboxylic acids is 1. The van der Waals surface area contributed by atoms with Crippen molar-refractivity contribution in [2.75, 3.05) is 19.6 Å². The van der Waals surface area contributed by atoms with Gasteiger partial charge in [-0.2, -0.15) is 0 Å². The highest BCUT2D eigenvalue weighted by atomic mass is 16.3. The van der Waals surface area contributed by atoms with Gasteiger partial charge in [0.1, 0.15) is 5.75 Å². The zero-order chi connectivity index (χ0) is 23.8. The van der Waals surface area contributed by atoms with Gasteiger partial charge in [0.25, 0.3) is 5.91 Å². The molecular weight excluding hydrogens is 420 g/mol. The van der Waals surface area contributed by atoms with E-state index in [0.717, 1.165) is 25.2 Å². The molecule has 2 saturated carbocycles. The Balaban J connectivity index is 1.52. The second-order valence-electron chi connectivity index (χ2n) is 10.4. The summed E-state index contributed by atoms with van der Waals surface area (Å²) in [5, 5.41) is 10.3. The SMILES string of the molecule is C=CCN1C2CCC3C(C(c4ccc(C(=O)N(CC)CC)cc4)c4cccc(O)c4)C2CCC31. The third-order valence-corrected chi connectivity index (χ3v) is 8.94. The summed E-state index contributed by atoms with van der Waals surface area (Å²) in [4.78, 5) is 17.5. The van der Waals surface area contributed by atoms with Crippen molar-refractivity contribution in [1.82, 2.24) is 9.80 Å². The lowest BCUT2D eigenvalue weighted by Gasteiger charge is -2.64. The first-order valence-electron chi connectivity index (χ1n) is 13.1. The first-order chi connectivity index (χ1) is 16.6. The van der Waals surface area contributed by atoms with E-state index in [2.05, 4.69) is 35.8 Å². The van der Waals surface area contributed by atoms with Crippen LogP contribution in [0.3, 0.4) is 0 Å². The molecule has 5 fully saturated rings. The van der Waals surface area contributed by atoms with E-state index in [-0.39, 0.29) is 11.8 Å². The van der Waals surface area contributed by atoms with Crippen molar-refractivity contribution in [3.8, 4) is 5.75 Å². The Bertz CT molecular complexity index is 1010. The molecule has 3 heterocycles. The topological polar surface area (TPSA) is 43.8 Å². The number of phenolic OH excluding ortho intramolecular Hbond substituents is 1. The van der Waals surface area contributed by atoms with Crippen molar-refractivity contribution in [3.63, 3.8) is 0 Å². The number of nitrogens with zero attached hydrogens (tertiary/aromatic N) is 2. The first kappa shape index (κ1) is 23.2. The Morgan fingerprint density at radius 1 is 1.03 bits per heavy atom. The number of rotatable bonds is 8. The molecule has 1 amide bonds. The number of carbonyl (C=O) groups is 1. The van der Waals surface area contributed by atoms with Crippen molar-refractivity contribution >= 4 is 5.91 Å². The summed E-state index contributed by atoms with van der Waals surface area (Å²) in [6.07, 6.45) is 7.24. The highest BCUT2D eigenvalue weighted by molar-refractivity contribution is 5.94. The van der Waals surface area contributed by atoms with Crippen LogP contribution in [-0.4, -0.2) is 52.5 Å². The van der Waals surface area contributed by atoms with E-state index >= 15 is 0 Å². The maximum absolute atomic E-state index is 12.9. The second-order valence-corrected chi connectivity index (χ2v) is 10.4. The van der Waals surface area contributed by atoms with Crippen molar-refractivity contribution in [2.24, 2.45) is 17.8 Å². The van der Waals surface area contributed by atoms with Crippen LogP contribution in [0.2, 0.25) is 0 Å². The minimum Gasteiger partial charge on any atom is -0.508 e. The summed E-state index contributed by atoms with van der Waals surface area (Å²) in [6.45, 7) is 10.5. The summed E-state index contributed by atoms with van der Waals surface area (Å²) >= 11 is 0. The molecule has 1 N–H and O–H groups in total. The molecule has 5 aliphatic rings. The van der Waals surface area contributed by atoms with Gasteiger partial charge in [0, 0.05) is 43.2 Å². The number of hydrogen-bond donors (Lipinski definition) is 1. The van der Waals surface area contributed by atoms with E-state index in [1.54, 1.807) is 6.07 Å². The molecule has 4 nitrogen and oxygen atoms in total. The van der Waals surface area contributed by atoms with Gasteiger partial charge in [-0.25, -0.2) is 0 Å². The Hall–Kier alpha value is -2.59. The van der Waals surface area contributed by atoms with Crippen molar-refractivity contribution in [3.05, 3.63) is 77.9 Å².